The van der Waals surface area contributed by atoms with Crippen molar-refractivity contribution in [1.82, 2.24) is 9.55 Å². The molecule has 1 unspecified atom stereocenters. The predicted molar refractivity (Wildman–Crippen MR) is 59.8 cm³/mol. The van der Waals surface area contributed by atoms with E-state index in [1.54, 1.807) is 6.20 Å². The number of nitriles is 1. The fourth-order valence-electron chi connectivity index (χ4n) is 2.43. The predicted octanol–water partition coefficient (Wildman–Crippen LogP) is 2.57. The Balaban J connectivity index is 2.08. The number of halogens is 2. The highest BCUT2D eigenvalue weighted by Gasteiger charge is 2.26. The van der Waals surface area contributed by atoms with Crippen molar-refractivity contribution in [3.63, 3.8) is 0 Å². The molecule has 1 aromatic heterocycles. The third-order valence-electron chi connectivity index (χ3n) is 3.30. The zero-order chi connectivity index (χ0) is 12.7. The van der Waals surface area contributed by atoms with Gasteiger partial charge >= 0.3 is 0 Å². The summed E-state index contributed by atoms with van der Waals surface area (Å²) in [6.45, 7) is 0.795. The first-order chi connectivity index (χ1) is 8.70. The largest absolute Gasteiger partial charge is 0.334 e. The minimum Gasteiger partial charge on any atom is -0.334 e. The summed E-state index contributed by atoms with van der Waals surface area (Å²) in [5.41, 5.74) is 0.00837. The van der Waals surface area contributed by atoms with Gasteiger partial charge in [-0.15, -0.1) is 0 Å². The zero-order valence-corrected chi connectivity index (χ0v) is 9.40. The number of imidazole rings is 1. The van der Waals surface area contributed by atoms with Crippen LogP contribution in [0.2, 0.25) is 0 Å². The van der Waals surface area contributed by atoms with Gasteiger partial charge in [-0.05, 0) is 24.1 Å². The second-order valence-electron chi connectivity index (χ2n) is 4.29. The molecule has 0 spiro atoms. The van der Waals surface area contributed by atoms with Crippen LogP contribution in [0.15, 0.2) is 24.5 Å². The molecule has 1 aromatic carbocycles. The molecular formula is C13H9F2N3. The highest BCUT2D eigenvalue weighted by Crippen LogP contribution is 2.34. The topological polar surface area (TPSA) is 41.6 Å². The van der Waals surface area contributed by atoms with E-state index < -0.39 is 17.2 Å². The van der Waals surface area contributed by atoms with Gasteiger partial charge in [0.1, 0.15) is 29.1 Å². The van der Waals surface area contributed by atoms with Crippen molar-refractivity contribution in [1.29, 1.82) is 5.26 Å². The van der Waals surface area contributed by atoms with Crippen molar-refractivity contribution >= 4 is 0 Å². The Morgan fingerprint density at radius 2 is 2.06 bits per heavy atom. The number of aromatic nitrogens is 2. The lowest BCUT2D eigenvalue weighted by molar-refractivity contribution is 0.569. The number of aryl methyl sites for hydroxylation is 1. The monoisotopic (exact) mass is 245 g/mol. The summed E-state index contributed by atoms with van der Waals surface area (Å²) >= 11 is 0. The van der Waals surface area contributed by atoms with Crippen molar-refractivity contribution in [2.45, 2.75) is 18.9 Å². The molecule has 1 atom stereocenters. The Labute approximate surface area is 102 Å². The lowest BCUT2D eigenvalue weighted by Crippen LogP contribution is -2.02. The van der Waals surface area contributed by atoms with Gasteiger partial charge in [-0.2, -0.15) is 5.26 Å². The molecule has 0 radical (unpaired) electrons. The standard InChI is InChI=1S/C13H9F2N3/c14-11-5-8(6-12(15)10(11)7-16)9-1-3-18-4-2-17-13(9)18/h2,4-6,9H,1,3H2. The van der Waals surface area contributed by atoms with Gasteiger partial charge < -0.3 is 4.57 Å². The number of benzene rings is 1. The summed E-state index contributed by atoms with van der Waals surface area (Å²) in [4.78, 5) is 4.21. The van der Waals surface area contributed by atoms with Gasteiger partial charge in [-0.3, -0.25) is 0 Å². The molecule has 18 heavy (non-hydrogen) atoms. The maximum Gasteiger partial charge on any atom is 0.144 e. The van der Waals surface area contributed by atoms with Crippen LogP contribution in [-0.2, 0) is 6.54 Å². The summed E-state index contributed by atoms with van der Waals surface area (Å²) in [5.74, 6) is -0.898. The van der Waals surface area contributed by atoms with Crippen molar-refractivity contribution in [2.24, 2.45) is 0 Å². The second-order valence-corrected chi connectivity index (χ2v) is 4.29. The van der Waals surface area contributed by atoms with Crippen LogP contribution in [0.1, 0.15) is 29.3 Å². The molecule has 90 valence electrons. The van der Waals surface area contributed by atoms with E-state index in [1.807, 2.05) is 10.8 Å². The van der Waals surface area contributed by atoms with Crippen molar-refractivity contribution in [2.75, 3.05) is 0 Å². The lowest BCUT2D eigenvalue weighted by atomic mass is 9.96. The summed E-state index contributed by atoms with van der Waals surface area (Å²) in [6, 6.07) is 3.99. The van der Waals surface area contributed by atoms with Gasteiger partial charge in [-0.1, -0.05) is 0 Å². The van der Waals surface area contributed by atoms with Crippen LogP contribution in [-0.4, -0.2) is 9.55 Å². The van der Waals surface area contributed by atoms with E-state index in [0.29, 0.717) is 5.56 Å². The smallest absolute Gasteiger partial charge is 0.144 e. The molecule has 0 saturated carbocycles. The van der Waals surface area contributed by atoms with Crippen LogP contribution in [0.5, 0.6) is 0 Å². The summed E-state index contributed by atoms with van der Waals surface area (Å²) < 4.78 is 29.1. The quantitative estimate of drug-likeness (QED) is 0.774. The Morgan fingerprint density at radius 1 is 1.33 bits per heavy atom. The van der Waals surface area contributed by atoms with Gasteiger partial charge in [0.15, 0.2) is 0 Å². The SMILES string of the molecule is N#Cc1c(F)cc(C2CCn3ccnc32)cc1F. The first-order valence-electron chi connectivity index (χ1n) is 5.61. The third kappa shape index (κ3) is 1.50. The first kappa shape index (κ1) is 10.9. The molecule has 0 bridgehead atoms. The minimum atomic E-state index is -0.808. The summed E-state index contributed by atoms with van der Waals surface area (Å²) in [7, 11) is 0. The van der Waals surface area contributed by atoms with Crippen LogP contribution in [0.4, 0.5) is 8.78 Å². The molecular weight excluding hydrogens is 236 g/mol. The Hall–Kier alpha value is -2.22. The molecule has 3 rings (SSSR count). The highest BCUT2D eigenvalue weighted by atomic mass is 19.1. The molecule has 0 N–H and O–H groups in total. The molecule has 1 aliphatic rings. The fraction of sp³-hybridized carbons (Fsp3) is 0.231. The van der Waals surface area contributed by atoms with E-state index in [4.69, 9.17) is 5.26 Å². The molecule has 2 aromatic rings. The van der Waals surface area contributed by atoms with Crippen molar-refractivity contribution < 1.29 is 8.78 Å². The number of fused-ring (bicyclic) bond motifs is 1. The molecule has 0 fully saturated rings. The molecule has 0 amide bonds. The van der Waals surface area contributed by atoms with Crippen LogP contribution in [0.3, 0.4) is 0 Å². The van der Waals surface area contributed by atoms with E-state index >= 15 is 0 Å². The maximum atomic E-state index is 13.6. The molecule has 5 heteroatoms. The Morgan fingerprint density at radius 3 is 2.72 bits per heavy atom. The zero-order valence-electron chi connectivity index (χ0n) is 9.40. The van der Waals surface area contributed by atoms with Gasteiger partial charge in [-0.25, -0.2) is 13.8 Å². The molecule has 0 saturated heterocycles. The minimum absolute atomic E-state index is 0.100. The Bertz CT molecular complexity index is 631. The van der Waals surface area contributed by atoms with Gasteiger partial charge in [0, 0.05) is 24.9 Å². The van der Waals surface area contributed by atoms with E-state index in [9.17, 15) is 8.78 Å². The number of rotatable bonds is 1. The summed E-state index contributed by atoms with van der Waals surface area (Å²) in [6.07, 6.45) is 4.30. The second kappa shape index (κ2) is 3.91. The molecule has 1 aliphatic heterocycles. The molecule has 0 aliphatic carbocycles. The first-order valence-corrected chi connectivity index (χ1v) is 5.61. The summed E-state index contributed by atoms with van der Waals surface area (Å²) in [5, 5.41) is 8.63. The normalized spacial score (nSPS) is 17.5. The average Bonchev–Trinajstić information content (AvgIpc) is 2.89. The van der Waals surface area contributed by atoms with Crippen LogP contribution >= 0.6 is 0 Å². The number of hydrogen-bond donors (Lipinski definition) is 0. The fourth-order valence-corrected chi connectivity index (χ4v) is 2.43. The van der Waals surface area contributed by atoms with E-state index in [1.165, 1.54) is 18.2 Å². The average molecular weight is 245 g/mol. The lowest BCUT2D eigenvalue weighted by Gasteiger charge is -2.10. The van der Waals surface area contributed by atoms with Crippen LogP contribution < -0.4 is 0 Å². The number of hydrogen-bond acceptors (Lipinski definition) is 2. The van der Waals surface area contributed by atoms with Gasteiger partial charge in [0.05, 0.1) is 0 Å². The third-order valence-corrected chi connectivity index (χ3v) is 3.30. The molecule has 2 heterocycles. The van der Waals surface area contributed by atoms with E-state index in [-0.39, 0.29) is 5.92 Å². The highest BCUT2D eigenvalue weighted by molar-refractivity contribution is 5.38. The van der Waals surface area contributed by atoms with E-state index in [0.717, 1.165) is 18.8 Å². The van der Waals surface area contributed by atoms with Gasteiger partial charge in [0.25, 0.3) is 0 Å². The Kier molecular flexibility index (Phi) is 2.37. The van der Waals surface area contributed by atoms with Gasteiger partial charge in [0.2, 0.25) is 0 Å². The maximum absolute atomic E-state index is 13.6. The van der Waals surface area contributed by atoms with E-state index in [2.05, 4.69) is 4.98 Å². The number of nitrogens with zero attached hydrogens (tertiary/aromatic N) is 3. The van der Waals surface area contributed by atoms with Crippen molar-refractivity contribution in [3.8, 4) is 6.07 Å². The molecule has 3 nitrogen and oxygen atoms in total. The van der Waals surface area contributed by atoms with Crippen LogP contribution in [0, 0.1) is 23.0 Å². The van der Waals surface area contributed by atoms with Crippen LogP contribution in [0.25, 0.3) is 0 Å². The van der Waals surface area contributed by atoms with Crippen molar-refractivity contribution in [3.05, 3.63) is 53.1 Å².